The third-order valence-electron chi connectivity index (χ3n) is 3.90. The van der Waals surface area contributed by atoms with Crippen LogP contribution in [-0.4, -0.2) is 20.0 Å². The lowest BCUT2D eigenvalue weighted by atomic mass is 9.84. The van der Waals surface area contributed by atoms with Crippen LogP contribution < -0.4 is 0 Å². The first-order valence-corrected chi connectivity index (χ1v) is 5.34. The maximum absolute atomic E-state index is 5.53. The Bertz CT molecular complexity index is 196. The van der Waals surface area contributed by atoms with Crippen molar-refractivity contribution >= 4 is 0 Å². The van der Waals surface area contributed by atoms with E-state index in [4.69, 9.17) is 9.47 Å². The Hall–Kier alpha value is -0.340. The molecule has 1 saturated carbocycles. The van der Waals surface area contributed by atoms with Crippen molar-refractivity contribution in [1.29, 1.82) is 0 Å². The molecule has 1 rings (SSSR count). The van der Waals surface area contributed by atoms with E-state index < -0.39 is 0 Å². The van der Waals surface area contributed by atoms with Gasteiger partial charge < -0.3 is 9.47 Å². The summed E-state index contributed by atoms with van der Waals surface area (Å²) in [7, 11) is 3.47. The van der Waals surface area contributed by atoms with Gasteiger partial charge in [-0.2, -0.15) is 0 Å². The van der Waals surface area contributed by atoms with Gasteiger partial charge >= 0.3 is 0 Å². The number of allylic oxidation sites excluding steroid dienone is 1. The van der Waals surface area contributed by atoms with Crippen LogP contribution in [0.15, 0.2) is 12.7 Å². The summed E-state index contributed by atoms with van der Waals surface area (Å²) >= 11 is 0. The minimum atomic E-state index is -0.359. The largest absolute Gasteiger partial charge is 0.353 e. The lowest BCUT2D eigenvalue weighted by Crippen LogP contribution is -2.38. The Morgan fingerprint density at radius 3 is 2.36 bits per heavy atom. The molecule has 2 nitrogen and oxygen atoms in total. The van der Waals surface area contributed by atoms with E-state index in [1.165, 1.54) is 0 Å². The summed E-state index contributed by atoms with van der Waals surface area (Å²) in [4.78, 5) is 0. The van der Waals surface area contributed by atoms with E-state index in [0.29, 0.717) is 17.8 Å². The first-order valence-electron chi connectivity index (χ1n) is 5.34. The molecule has 3 atom stereocenters. The van der Waals surface area contributed by atoms with Crippen molar-refractivity contribution in [3.63, 3.8) is 0 Å². The molecule has 1 aliphatic rings. The Kier molecular flexibility index (Phi) is 3.73. The van der Waals surface area contributed by atoms with Crippen molar-refractivity contribution in [3.05, 3.63) is 12.7 Å². The molecule has 0 bridgehead atoms. The second kappa shape index (κ2) is 4.45. The molecule has 0 radical (unpaired) electrons. The number of ether oxygens (including phenoxy) is 2. The normalized spacial score (nSPS) is 32.9. The van der Waals surface area contributed by atoms with Crippen LogP contribution in [0.4, 0.5) is 0 Å². The Morgan fingerprint density at radius 2 is 2.00 bits per heavy atom. The highest BCUT2D eigenvalue weighted by atomic mass is 16.7. The van der Waals surface area contributed by atoms with Gasteiger partial charge in [0.25, 0.3) is 0 Å². The standard InChI is InChI=1S/C12H22O2/c1-6-9(2)11-7-8-12(13-4,14-5)10(11)3/h6,9-11H,1,7-8H2,2-5H3. The first kappa shape index (κ1) is 11.7. The molecule has 0 spiro atoms. The molecule has 0 aromatic rings. The molecule has 1 aliphatic carbocycles. The lowest BCUT2D eigenvalue weighted by Gasteiger charge is -2.33. The molecule has 0 saturated heterocycles. The molecule has 0 aliphatic heterocycles. The third-order valence-corrected chi connectivity index (χ3v) is 3.90. The molecule has 3 unspecified atom stereocenters. The molecular formula is C12H22O2. The monoisotopic (exact) mass is 198 g/mol. The molecule has 1 fully saturated rings. The molecule has 14 heavy (non-hydrogen) atoms. The quantitative estimate of drug-likeness (QED) is 0.511. The van der Waals surface area contributed by atoms with Crippen LogP contribution in [0.1, 0.15) is 26.7 Å². The fraction of sp³-hybridized carbons (Fsp3) is 0.833. The fourth-order valence-corrected chi connectivity index (χ4v) is 2.72. The van der Waals surface area contributed by atoms with Gasteiger partial charge in [0.15, 0.2) is 5.79 Å². The van der Waals surface area contributed by atoms with Gasteiger partial charge in [-0.25, -0.2) is 0 Å². The summed E-state index contributed by atoms with van der Waals surface area (Å²) < 4.78 is 11.1. The molecule has 0 aromatic carbocycles. The van der Waals surface area contributed by atoms with Crippen molar-refractivity contribution < 1.29 is 9.47 Å². The zero-order valence-electron chi connectivity index (χ0n) is 9.75. The van der Waals surface area contributed by atoms with E-state index in [0.717, 1.165) is 12.8 Å². The zero-order valence-corrected chi connectivity index (χ0v) is 9.75. The maximum atomic E-state index is 5.53. The van der Waals surface area contributed by atoms with Gasteiger partial charge in [-0.15, -0.1) is 6.58 Å². The summed E-state index contributed by atoms with van der Waals surface area (Å²) in [6.07, 6.45) is 4.18. The smallest absolute Gasteiger partial charge is 0.170 e. The molecule has 0 aromatic heterocycles. The minimum absolute atomic E-state index is 0.359. The number of hydrogen-bond acceptors (Lipinski definition) is 2. The van der Waals surface area contributed by atoms with Crippen molar-refractivity contribution in [2.24, 2.45) is 17.8 Å². The molecule has 82 valence electrons. The first-order chi connectivity index (χ1) is 6.61. The number of methoxy groups -OCH3 is 2. The summed E-state index contributed by atoms with van der Waals surface area (Å²) in [5, 5.41) is 0. The van der Waals surface area contributed by atoms with Gasteiger partial charge in [0.2, 0.25) is 0 Å². The van der Waals surface area contributed by atoms with Crippen LogP contribution in [0, 0.1) is 17.8 Å². The predicted molar refractivity (Wildman–Crippen MR) is 58.0 cm³/mol. The van der Waals surface area contributed by atoms with Gasteiger partial charge in [0.1, 0.15) is 0 Å². The van der Waals surface area contributed by atoms with Crippen molar-refractivity contribution in [2.75, 3.05) is 14.2 Å². The van der Waals surface area contributed by atoms with E-state index in [1.807, 2.05) is 6.08 Å². The van der Waals surface area contributed by atoms with E-state index >= 15 is 0 Å². The molecule has 2 heteroatoms. The Labute approximate surface area is 87.3 Å². The van der Waals surface area contributed by atoms with Gasteiger partial charge in [-0.3, -0.25) is 0 Å². The zero-order chi connectivity index (χ0) is 10.8. The van der Waals surface area contributed by atoms with Gasteiger partial charge in [0.05, 0.1) is 0 Å². The second-order valence-corrected chi connectivity index (χ2v) is 4.31. The topological polar surface area (TPSA) is 18.5 Å². The van der Waals surface area contributed by atoms with Crippen LogP contribution in [0.2, 0.25) is 0 Å². The van der Waals surface area contributed by atoms with Gasteiger partial charge in [0, 0.05) is 26.6 Å². The van der Waals surface area contributed by atoms with Crippen molar-refractivity contribution in [3.8, 4) is 0 Å². The minimum Gasteiger partial charge on any atom is -0.353 e. The van der Waals surface area contributed by atoms with Gasteiger partial charge in [-0.05, 0) is 18.3 Å². The summed E-state index contributed by atoms with van der Waals surface area (Å²) in [5.74, 6) is 1.25. The van der Waals surface area contributed by atoms with E-state index in [9.17, 15) is 0 Å². The van der Waals surface area contributed by atoms with E-state index in [1.54, 1.807) is 14.2 Å². The highest BCUT2D eigenvalue weighted by molar-refractivity contribution is 4.95. The average Bonchev–Trinajstić information content (AvgIpc) is 2.55. The summed E-state index contributed by atoms with van der Waals surface area (Å²) in [6, 6.07) is 0. The summed E-state index contributed by atoms with van der Waals surface area (Å²) in [5.41, 5.74) is 0. The second-order valence-electron chi connectivity index (χ2n) is 4.31. The lowest BCUT2D eigenvalue weighted by molar-refractivity contribution is -0.228. The fourth-order valence-electron chi connectivity index (χ4n) is 2.72. The van der Waals surface area contributed by atoms with Crippen molar-refractivity contribution in [1.82, 2.24) is 0 Å². The van der Waals surface area contributed by atoms with Gasteiger partial charge in [-0.1, -0.05) is 19.9 Å². The number of rotatable bonds is 4. The predicted octanol–water partition coefficient (Wildman–Crippen LogP) is 2.84. The van der Waals surface area contributed by atoms with E-state index in [-0.39, 0.29) is 5.79 Å². The SMILES string of the molecule is C=CC(C)C1CCC(OC)(OC)C1C. The van der Waals surface area contributed by atoms with Crippen LogP contribution in [0.25, 0.3) is 0 Å². The molecule has 0 heterocycles. The summed E-state index contributed by atoms with van der Waals surface area (Å²) in [6.45, 7) is 8.29. The van der Waals surface area contributed by atoms with Crippen LogP contribution >= 0.6 is 0 Å². The highest BCUT2D eigenvalue weighted by Crippen LogP contribution is 2.46. The van der Waals surface area contributed by atoms with E-state index in [2.05, 4.69) is 20.4 Å². The van der Waals surface area contributed by atoms with Crippen LogP contribution in [-0.2, 0) is 9.47 Å². The molecular weight excluding hydrogens is 176 g/mol. The Morgan fingerprint density at radius 1 is 1.43 bits per heavy atom. The Balaban J connectivity index is 2.76. The van der Waals surface area contributed by atoms with Crippen LogP contribution in [0.3, 0.4) is 0 Å². The molecule has 0 N–H and O–H groups in total. The van der Waals surface area contributed by atoms with Crippen LogP contribution in [0.5, 0.6) is 0 Å². The average molecular weight is 198 g/mol. The number of hydrogen-bond donors (Lipinski definition) is 0. The maximum Gasteiger partial charge on any atom is 0.170 e. The third kappa shape index (κ3) is 1.73. The molecule has 0 amide bonds. The highest BCUT2D eigenvalue weighted by Gasteiger charge is 2.47. The van der Waals surface area contributed by atoms with Crippen molar-refractivity contribution in [2.45, 2.75) is 32.5 Å².